The minimum absolute atomic E-state index is 0.0322. The van der Waals surface area contributed by atoms with E-state index < -0.39 is 10.0 Å². The van der Waals surface area contributed by atoms with Gasteiger partial charge in [-0.25, -0.2) is 13.1 Å². The Kier molecular flexibility index (Phi) is 4.85. The van der Waals surface area contributed by atoms with Crippen molar-refractivity contribution in [3.05, 3.63) is 34.5 Å². The Balaban J connectivity index is 1.39. The molecule has 9 heteroatoms. The lowest BCUT2D eigenvalue weighted by molar-refractivity contribution is 0.0669. The van der Waals surface area contributed by atoms with Crippen LogP contribution in [0.4, 0.5) is 0 Å². The molecule has 1 amide bonds. The maximum absolute atomic E-state index is 12.9. The molecular formula is C17H22N4O3S2. The van der Waals surface area contributed by atoms with Crippen molar-refractivity contribution in [2.45, 2.75) is 36.3 Å². The molecule has 1 fully saturated rings. The minimum atomic E-state index is -3.46. The number of aromatic nitrogens is 2. The number of piperidine rings is 1. The number of rotatable bonds is 5. The number of hydrogen-bond acceptors (Lipinski definition) is 5. The van der Waals surface area contributed by atoms with Crippen molar-refractivity contribution >= 4 is 27.3 Å². The van der Waals surface area contributed by atoms with E-state index in [1.54, 1.807) is 17.5 Å². The molecule has 7 nitrogen and oxygen atoms in total. The maximum Gasteiger partial charge on any atom is 0.274 e. The van der Waals surface area contributed by atoms with Gasteiger partial charge in [-0.1, -0.05) is 6.07 Å². The van der Waals surface area contributed by atoms with Gasteiger partial charge in [0.2, 0.25) is 10.0 Å². The van der Waals surface area contributed by atoms with E-state index in [1.807, 2.05) is 4.90 Å². The molecule has 1 aliphatic carbocycles. The number of aromatic amines is 1. The summed E-state index contributed by atoms with van der Waals surface area (Å²) in [6.45, 7) is 1.62. The third-order valence-electron chi connectivity index (χ3n) is 5.14. The van der Waals surface area contributed by atoms with Crippen LogP contribution in [0.15, 0.2) is 21.7 Å². The molecule has 2 aliphatic rings. The monoisotopic (exact) mass is 394 g/mol. The second-order valence-electron chi connectivity index (χ2n) is 6.93. The van der Waals surface area contributed by atoms with Crippen LogP contribution >= 0.6 is 11.3 Å². The molecule has 0 bridgehead atoms. The number of likely N-dealkylation sites (tertiary alicyclic amines) is 1. The Morgan fingerprint density at radius 3 is 3.08 bits per heavy atom. The number of nitrogens with one attached hydrogen (secondary N) is 2. The summed E-state index contributed by atoms with van der Waals surface area (Å²) < 4.78 is 27.6. The van der Waals surface area contributed by atoms with Crippen LogP contribution in [-0.2, 0) is 22.9 Å². The van der Waals surface area contributed by atoms with E-state index >= 15 is 0 Å². The standard InChI is InChI=1S/C17H22N4O3S2/c22-17(16-13-5-1-6-14(13)19-20-16)21-8-2-4-12(11-21)10-18-26(23,24)15-7-3-9-25-15/h3,7,9,12,18H,1-2,4-6,8,10-11H2,(H,19,20)/t12-/m0/s1. The van der Waals surface area contributed by atoms with Gasteiger partial charge in [0.1, 0.15) is 4.21 Å². The number of hydrogen-bond donors (Lipinski definition) is 2. The molecule has 2 N–H and O–H groups in total. The second-order valence-corrected chi connectivity index (χ2v) is 9.87. The molecule has 26 heavy (non-hydrogen) atoms. The van der Waals surface area contributed by atoms with E-state index in [-0.39, 0.29) is 11.8 Å². The van der Waals surface area contributed by atoms with Gasteiger partial charge in [0, 0.05) is 30.9 Å². The predicted octanol–water partition coefficient (Wildman–Crippen LogP) is 1.79. The lowest BCUT2D eigenvalue weighted by Crippen LogP contribution is -2.44. The fraction of sp³-hybridized carbons (Fsp3) is 0.529. The third-order valence-corrected chi connectivity index (χ3v) is 7.96. The van der Waals surface area contributed by atoms with Gasteiger partial charge < -0.3 is 4.90 Å². The smallest absolute Gasteiger partial charge is 0.274 e. The molecule has 0 unspecified atom stereocenters. The normalized spacial score (nSPS) is 20.3. The highest BCUT2D eigenvalue weighted by Gasteiger charge is 2.30. The zero-order valence-electron chi connectivity index (χ0n) is 14.4. The van der Waals surface area contributed by atoms with Crippen LogP contribution in [0, 0.1) is 5.92 Å². The summed E-state index contributed by atoms with van der Waals surface area (Å²) in [6, 6.07) is 3.32. The van der Waals surface area contributed by atoms with E-state index in [4.69, 9.17) is 0 Å². The largest absolute Gasteiger partial charge is 0.337 e. The third kappa shape index (κ3) is 3.43. The van der Waals surface area contributed by atoms with Crippen LogP contribution in [0.3, 0.4) is 0 Å². The summed E-state index contributed by atoms with van der Waals surface area (Å²) in [5, 5.41) is 8.97. The summed E-state index contributed by atoms with van der Waals surface area (Å²) in [7, 11) is -3.46. The second kappa shape index (κ2) is 7.13. The summed E-state index contributed by atoms with van der Waals surface area (Å²) in [4.78, 5) is 14.7. The molecule has 140 valence electrons. The SMILES string of the molecule is O=C(c1n[nH]c2c1CCC2)N1CCC[C@@H](CNS(=O)(=O)c2cccs2)C1. The first-order valence-electron chi connectivity index (χ1n) is 8.93. The first-order chi connectivity index (χ1) is 12.5. The quantitative estimate of drug-likeness (QED) is 0.808. The number of fused-ring (bicyclic) bond motifs is 1. The Morgan fingerprint density at radius 1 is 1.38 bits per heavy atom. The molecule has 2 aromatic heterocycles. The number of aryl methyl sites for hydroxylation is 1. The summed E-state index contributed by atoms with van der Waals surface area (Å²) in [5.74, 6) is 0.0876. The first-order valence-corrected chi connectivity index (χ1v) is 11.3. The molecule has 0 saturated carbocycles. The van der Waals surface area contributed by atoms with Crippen molar-refractivity contribution in [2.75, 3.05) is 19.6 Å². The Bertz CT molecular complexity index is 889. The molecule has 1 aliphatic heterocycles. The summed E-state index contributed by atoms with van der Waals surface area (Å²) in [6.07, 6.45) is 4.73. The summed E-state index contributed by atoms with van der Waals surface area (Å²) >= 11 is 1.20. The number of sulfonamides is 1. The molecule has 1 saturated heterocycles. The molecular weight excluding hydrogens is 372 g/mol. The number of carbonyl (C=O) groups is 1. The fourth-order valence-electron chi connectivity index (χ4n) is 3.78. The van der Waals surface area contributed by atoms with Crippen molar-refractivity contribution in [3.8, 4) is 0 Å². The van der Waals surface area contributed by atoms with Crippen LogP contribution in [0.5, 0.6) is 0 Å². The molecule has 2 aromatic rings. The van der Waals surface area contributed by atoms with Crippen LogP contribution in [-0.4, -0.2) is 49.1 Å². The van der Waals surface area contributed by atoms with Gasteiger partial charge in [-0.15, -0.1) is 11.3 Å². The maximum atomic E-state index is 12.9. The lowest BCUT2D eigenvalue weighted by Gasteiger charge is -2.32. The number of carbonyl (C=O) groups excluding carboxylic acids is 1. The summed E-state index contributed by atoms with van der Waals surface area (Å²) in [5.41, 5.74) is 2.71. The van der Waals surface area contributed by atoms with E-state index in [0.29, 0.717) is 29.5 Å². The zero-order chi connectivity index (χ0) is 18.1. The number of nitrogens with zero attached hydrogens (tertiary/aromatic N) is 2. The molecule has 0 aromatic carbocycles. The van der Waals surface area contributed by atoms with Gasteiger partial charge in [0.25, 0.3) is 5.91 Å². The van der Waals surface area contributed by atoms with Crippen LogP contribution < -0.4 is 4.72 Å². The highest BCUT2D eigenvalue weighted by Crippen LogP contribution is 2.25. The zero-order valence-corrected chi connectivity index (χ0v) is 16.0. The van der Waals surface area contributed by atoms with E-state index in [1.165, 1.54) is 11.3 Å². The van der Waals surface area contributed by atoms with Crippen molar-refractivity contribution < 1.29 is 13.2 Å². The van der Waals surface area contributed by atoms with E-state index in [2.05, 4.69) is 14.9 Å². The predicted molar refractivity (Wildman–Crippen MR) is 98.7 cm³/mol. The van der Waals surface area contributed by atoms with Crippen molar-refractivity contribution in [1.82, 2.24) is 19.8 Å². The van der Waals surface area contributed by atoms with Gasteiger partial charge in [-0.3, -0.25) is 9.89 Å². The number of H-pyrrole nitrogens is 1. The molecule has 4 rings (SSSR count). The Labute approximate surface area is 156 Å². The Morgan fingerprint density at radius 2 is 2.27 bits per heavy atom. The van der Waals surface area contributed by atoms with Gasteiger partial charge in [0.15, 0.2) is 5.69 Å². The van der Waals surface area contributed by atoms with Crippen LogP contribution in [0.2, 0.25) is 0 Å². The van der Waals surface area contributed by atoms with Gasteiger partial charge in [-0.2, -0.15) is 5.10 Å². The van der Waals surface area contributed by atoms with Crippen LogP contribution in [0.1, 0.15) is 41.0 Å². The molecule has 3 heterocycles. The highest BCUT2D eigenvalue weighted by molar-refractivity contribution is 7.91. The molecule has 1 atom stereocenters. The van der Waals surface area contributed by atoms with Gasteiger partial charge in [0.05, 0.1) is 0 Å². The minimum Gasteiger partial charge on any atom is -0.337 e. The van der Waals surface area contributed by atoms with Crippen LogP contribution in [0.25, 0.3) is 0 Å². The molecule has 0 radical (unpaired) electrons. The van der Waals surface area contributed by atoms with E-state index in [0.717, 1.165) is 43.4 Å². The first kappa shape index (κ1) is 17.7. The number of amides is 1. The van der Waals surface area contributed by atoms with Gasteiger partial charge >= 0.3 is 0 Å². The van der Waals surface area contributed by atoms with Gasteiger partial charge in [-0.05, 0) is 49.5 Å². The lowest BCUT2D eigenvalue weighted by atomic mass is 9.98. The van der Waals surface area contributed by atoms with Crippen molar-refractivity contribution in [1.29, 1.82) is 0 Å². The molecule has 0 spiro atoms. The number of thiophene rings is 1. The topological polar surface area (TPSA) is 95.2 Å². The average Bonchev–Trinajstić information content (AvgIpc) is 3.37. The Hall–Kier alpha value is -1.71. The van der Waals surface area contributed by atoms with E-state index in [9.17, 15) is 13.2 Å². The average molecular weight is 395 g/mol. The fourth-order valence-corrected chi connectivity index (χ4v) is 5.93. The van der Waals surface area contributed by atoms with Crippen molar-refractivity contribution in [3.63, 3.8) is 0 Å². The highest BCUT2D eigenvalue weighted by atomic mass is 32.2. The van der Waals surface area contributed by atoms with Crippen molar-refractivity contribution in [2.24, 2.45) is 5.92 Å².